The molecule has 0 saturated carbocycles. The van der Waals surface area contributed by atoms with Crippen LogP contribution >= 0.6 is 0 Å². The van der Waals surface area contributed by atoms with Crippen LogP contribution in [0.15, 0.2) is 36.9 Å². The summed E-state index contributed by atoms with van der Waals surface area (Å²) in [6.07, 6.45) is 3.36. The second-order valence-corrected chi connectivity index (χ2v) is 4.32. The van der Waals surface area contributed by atoms with Gasteiger partial charge in [0.15, 0.2) is 17.0 Å². The molecule has 0 amide bonds. The van der Waals surface area contributed by atoms with Gasteiger partial charge in [-0.2, -0.15) is 9.97 Å². The summed E-state index contributed by atoms with van der Waals surface area (Å²) in [5.74, 6) is 1.24. The number of nitrogens with zero attached hydrogens (tertiary/aromatic N) is 5. The third-order valence-corrected chi connectivity index (χ3v) is 3.17. The van der Waals surface area contributed by atoms with E-state index in [2.05, 4.69) is 30.2 Å². The summed E-state index contributed by atoms with van der Waals surface area (Å²) in [5, 5.41) is 2.96. The van der Waals surface area contributed by atoms with E-state index in [-0.39, 0.29) is 0 Å². The Kier molecular flexibility index (Phi) is 2.19. The molecule has 0 aliphatic carbocycles. The van der Waals surface area contributed by atoms with E-state index < -0.39 is 0 Å². The molecule has 0 bridgehead atoms. The second-order valence-electron chi connectivity index (χ2n) is 4.32. The van der Waals surface area contributed by atoms with Gasteiger partial charge in [-0.15, -0.1) is 0 Å². The molecule has 3 aromatic heterocycles. The van der Waals surface area contributed by atoms with Crippen molar-refractivity contribution in [1.29, 1.82) is 0 Å². The van der Waals surface area contributed by atoms with E-state index in [9.17, 15) is 0 Å². The monoisotopic (exact) mass is 265 g/mol. The summed E-state index contributed by atoms with van der Waals surface area (Å²) in [5.41, 5.74) is 3.31. The Morgan fingerprint density at radius 2 is 2.05 bits per heavy atom. The molecule has 4 rings (SSSR count). The van der Waals surface area contributed by atoms with Crippen LogP contribution in [0, 0.1) is 0 Å². The topological polar surface area (TPSA) is 84.3 Å². The van der Waals surface area contributed by atoms with E-state index >= 15 is 0 Å². The predicted octanol–water partition coefficient (Wildman–Crippen LogP) is 1.73. The SMILES string of the molecule is CNc1nc(-n2cnc3ccccc32)c2nc[nH]c2n1. The summed E-state index contributed by atoms with van der Waals surface area (Å²) < 4.78 is 1.92. The summed E-state index contributed by atoms with van der Waals surface area (Å²) in [6, 6.07) is 7.90. The standard InChI is InChI=1S/C13H11N7/c1-14-13-18-11-10(15-6-16-11)12(19-13)20-7-17-8-4-2-3-5-9(8)20/h2-7H,1H3,(H2,14,15,16,18,19). The van der Waals surface area contributed by atoms with E-state index in [0.717, 1.165) is 11.0 Å². The van der Waals surface area contributed by atoms with Crippen molar-refractivity contribution in [3.63, 3.8) is 0 Å². The average Bonchev–Trinajstić information content (AvgIpc) is 3.12. The molecular formula is C13H11N7. The fraction of sp³-hybridized carbons (Fsp3) is 0.0769. The summed E-state index contributed by atoms with van der Waals surface area (Å²) in [4.78, 5) is 20.5. The van der Waals surface area contributed by atoms with Crippen molar-refractivity contribution in [2.45, 2.75) is 0 Å². The van der Waals surface area contributed by atoms with Crippen LogP contribution in [0.1, 0.15) is 0 Å². The van der Waals surface area contributed by atoms with Crippen molar-refractivity contribution in [1.82, 2.24) is 29.5 Å². The number of H-pyrrole nitrogens is 1. The van der Waals surface area contributed by atoms with Crippen LogP contribution in [-0.2, 0) is 0 Å². The highest BCUT2D eigenvalue weighted by Crippen LogP contribution is 2.22. The molecule has 0 spiro atoms. The molecule has 0 fully saturated rings. The molecule has 7 heteroatoms. The summed E-state index contributed by atoms with van der Waals surface area (Å²) in [6.45, 7) is 0. The van der Waals surface area contributed by atoms with Crippen molar-refractivity contribution < 1.29 is 0 Å². The Morgan fingerprint density at radius 1 is 1.15 bits per heavy atom. The maximum absolute atomic E-state index is 4.50. The van der Waals surface area contributed by atoms with E-state index in [0.29, 0.717) is 22.9 Å². The maximum atomic E-state index is 4.50. The highest BCUT2D eigenvalue weighted by molar-refractivity contribution is 5.84. The normalized spacial score (nSPS) is 11.2. The largest absolute Gasteiger partial charge is 0.357 e. The molecule has 98 valence electrons. The van der Waals surface area contributed by atoms with E-state index in [1.54, 1.807) is 19.7 Å². The van der Waals surface area contributed by atoms with Crippen LogP contribution in [0.5, 0.6) is 0 Å². The van der Waals surface area contributed by atoms with Crippen LogP contribution in [0.3, 0.4) is 0 Å². The minimum atomic E-state index is 0.537. The number of fused-ring (bicyclic) bond motifs is 2. The lowest BCUT2D eigenvalue weighted by molar-refractivity contribution is 1.01. The first-order valence-corrected chi connectivity index (χ1v) is 6.18. The number of benzene rings is 1. The van der Waals surface area contributed by atoms with Gasteiger partial charge in [0.1, 0.15) is 6.33 Å². The van der Waals surface area contributed by atoms with Gasteiger partial charge in [0.05, 0.1) is 17.4 Å². The Labute approximate surface area is 113 Å². The Morgan fingerprint density at radius 3 is 2.95 bits per heavy atom. The molecule has 0 atom stereocenters. The maximum Gasteiger partial charge on any atom is 0.226 e. The number of para-hydroxylation sites is 2. The van der Waals surface area contributed by atoms with Gasteiger partial charge in [-0.05, 0) is 12.1 Å². The Hall–Kier alpha value is -2.96. The van der Waals surface area contributed by atoms with Crippen LogP contribution in [-0.4, -0.2) is 36.5 Å². The predicted molar refractivity (Wildman–Crippen MR) is 75.9 cm³/mol. The fourth-order valence-electron chi connectivity index (χ4n) is 2.23. The molecule has 1 aromatic carbocycles. The molecule has 0 unspecified atom stereocenters. The Bertz CT molecular complexity index is 905. The quantitative estimate of drug-likeness (QED) is 0.576. The van der Waals surface area contributed by atoms with Crippen molar-refractivity contribution in [3.05, 3.63) is 36.9 Å². The van der Waals surface area contributed by atoms with Gasteiger partial charge in [0.2, 0.25) is 5.95 Å². The molecule has 0 saturated heterocycles. The lowest BCUT2D eigenvalue weighted by Crippen LogP contribution is -2.03. The number of nitrogens with one attached hydrogen (secondary N) is 2. The molecule has 0 aliphatic heterocycles. The second kappa shape index (κ2) is 4.02. The zero-order valence-corrected chi connectivity index (χ0v) is 10.7. The molecule has 0 radical (unpaired) electrons. The molecular weight excluding hydrogens is 254 g/mol. The number of imidazole rings is 2. The highest BCUT2D eigenvalue weighted by Gasteiger charge is 2.13. The van der Waals surface area contributed by atoms with E-state index in [1.807, 2.05) is 28.8 Å². The van der Waals surface area contributed by atoms with Gasteiger partial charge >= 0.3 is 0 Å². The van der Waals surface area contributed by atoms with Crippen LogP contribution < -0.4 is 5.32 Å². The van der Waals surface area contributed by atoms with Gasteiger partial charge in [-0.1, -0.05) is 12.1 Å². The molecule has 7 nitrogen and oxygen atoms in total. The first kappa shape index (κ1) is 10.9. The van der Waals surface area contributed by atoms with Crippen molar-refractivity contribution in [2.75, 3.05) is 12.4 Å². The van der Waals surface area contributed by atoms with Gasteiger partial charge in [-0.25, -0.2) is 9.97 Å². The van der Waals surface area contributed by atoms with Gasteiger partial charge in [0, 0.05) is 7.05 Å². The number of hydrogen-bond donors (Lipinski definition) is 2. The molecule has 20 heavy (non-hydrogen) atoms. The van der Waals surface area contributed by atoms with E-state index in [4.69, 9.17) is 0 Å². The third kappa shape index (κ3) is 1.46. The van der Waals surface area contributed by atoms with Crippen molar-refractivity contribution >= 4 is 28.1 Å². The lowest BCUT2D eigenvalue weighted by atomic mass is 10.3. The van der Waals surface area contributed by atoms with Crippen molar-refractivity contribution in [3.8, 4) is 5.82 Å². The first-order chi connectivity index (χ1) is 9.86. The van der Waals surface area contributed by atoms with Crippen LogP contribution in [0.25, 0.3) is 28.0 Å². The van der Waals surface area contributed by atoms with Crippen LogP contribution in [0.2, 0.25) is 0 Å². The van der Waals surface area contributed by atoms with Crippen molar-refractivity contribution in [2.24, 2.45) is 0 Å². The zero-order chi connectivity index (χ0) is 13.5. The number of hydrogen-bond acceptors (Lipinski definition) is 5. The van der Waals surface area contributed by atoms with Gasteiger partial charge in [0.25, 0.3) is 0 Å². The minimum Gasteiger partial charge on any atom is -0.357 e. The number of anilines is 1. The van der Waals surface area contributed by atoms with Gasteiger partial charge in [-0.3, -0.25) is 4.57 Å². The van der Waals surface area contributed by atoms with Gasteiger partial charge < -0.3 is 10.3 Å². The molecule has 2 N–H and O–H groups in total. The molecule has 3 heterocycles. The van der Waals surface area contributed by atoms with E-state index in [1.165, 1.54) is 0 Å². The molecule has 0 aliphatic rings. The first-order valence-electron chi connectivity index (χ1n) is 6.18. The fourth-order valence-corrected chi connectivity index (χ4v) is 2.23. The smallest absolute Gasteiger partial charge is 0.226 e. The molecule has 4 aromatic rings. The number of aromatic amines is 1. The summed E-state index contributed by atoms with van der Waals surface area (Å²) in [7, 11) is 1.79. The number of rotatable bonds is 2. The Balaban J connectivity index is 2.08. The number of aromatic nitrogens is 6. The average molecular weight is 265 g/mol. The minimum absolute atomic E-state index is 0.537. The zero-order valence-electron chi connectivity index (χ0n) is 10.7. The summed E-state index contributed by atoms with van der Waals surface area (Å²) >= 11 is 0. The lowest BCUT2D eigenvalue weighted by Gasteiger charge is -2.06. The highest BCUT2D eigenvalue weighted by atomic mass is 15.2. The van der Waals surface area contributed by atoms with Crippen LogP contribution in [0.4, 0.5) is 5.95 Å². The third-order valence-electron chi connectivity index (χ3n) is 3.17.